The normalized spacial score (nSPS) is 11.5. The zero-order valence-corrected chi connectivity index (χ0v) is 22.4. The summed E-state index contributed by atoms with van der Waals surface area (Å²) in [5.41, 5.74) is 5.98. The van der Waals surface area contributed by atoms with Crippen LogP contribution in [0, 0.1) is 0 Å². The summed E-state index contributed by atoms with van der Waals surface area (Å²) in [6.45, 7) is 9.01. The number of imidazole rings is 1. The Morgan fingerprint density at radius 1 is 1.00 bits per heavy atom. The Balaban J connectivity index is 1.64. The second-order valence-electron chi connectivity index (χ2n) is 9.81. The number of aromatic nitrogens is 8. The lowest BCUT2D eigenvalue weighted by atomic mass is 9.96. The van der Waals surface area contributed by atoms with Gasteiger partial charge < -0.3 is 4.57 Å². The molecule has 0 radical (unpaired) electrons. The first-order chi connectivity index (χ1) is 18.5. The average Bonchev–Trinajstić information content (AvgIpc) is 3.68. The number of tetrazole rings is 1. The fraction of sp³-hybridized carbons (Fsp3) is 0.345. The van der Waals surface area contributed by atoms with Gasteiger partial charge in [0.05, 0.1) is 6.54 Å². The van der Waals surface area contributed by atoms with Crippen molar-refractivity contribution in [3.05, 3.63) is 88.5 Å². The lowest BCUT2D eigenvalue weighted by Crippen LogP contribution is -2.27. The number of hydrogen-bond donors (Lipinski definition) is 1. The van der Waals surface area contributed by atoms with E-state index in [9.17, 15) is 4.79 Å². The zero-order chi connectivity index (χ0) is 26.6. The molecule has 0 fully saturated rings. The second-order valence-corrected chi connectivity index (χ2v) is 9.81. The summed E-state index contributed by atoms with van der Waals surface area (Å²) in [5, 5.41) is 14.5. The van der Waals surface area contributed by atoms with E-state index in [4.69, 9.17) is 0 Å². The van der Waals surface area contributed by atoms with E-state index in [1.807, 2.05) is 51.9 Å². The molecule has 0 bridgehead atoms. The van der Waals surface area contributed by atoms with Crippen molar-refractivity contribution in [2.75, 3.05) is 0 Å². The predicted molar refractivity (Wildman–Crippen MR) is 148 cm³/mol. The number of unbranched alkanes of at least 4 members (excludes halogenated alkanes) is 1. The molecule has 0 unspecified atom stereocenters. The van der Waals surface area contributed by atoms with Crippen LogP contribution in [0.15, 0.2) is 66.0 Å². The Morgan fingerprint density at radius 3 is 2.53 bits per heavy atom. The molecule has 1 aromatic carbocycles. The van der Waals surface area contributed by atoms with E-state index in [2.05, 4.69) is 70.1 Å². The third-order valence-corrected chi connectivity index (χ3v) is 7.03. The maximum Gasteiger partial charge on any atom is 0.334 e. The molecule has 196 valence electrons. The molecule has 9 heteroatoms. The molecular formula is C29H34N8O. The third kappa shape index (κ3) is 4.71. The highest BCUT2D eigenvalue weighted by Crippen LogP contribution is 2.32. The fourth-order valence-corrected chi connectivity index (χ4v) is 5.04. The highest BCUT2D eigenvalue weighted by atomic mass is 16.1. The van der Waals surface area contributed by atoms with Gasteiger partial charge in [0, 0.05) is 42.1 Å². The minimum Gasteiger partial charge on any atom is -0.331 e. The second kappa shape index (κ2) is 11.0. The number of hydrogen-bond acceptors (Lipinski definition) is 5. The monoisotopic (exact) mass is 510 g/mol. The quantitative estimate of drug-likeness (QED) is 0.278. The van der Waals surface area contributed by atoms with E-state index in [0.29, 0.717) is 12.4 Å². The summed E-state index contributed by atoms with van der Waals surface area (Å²) in [5.74, 6) is 1.55. The van der Waals surface area contributed by atoms with E-state index >= 15 is 0 Å². The molecule has 5 rings (SSSR count). The van der Waals surface area contributed by atoms with Crippen LogP contribution in [0.5, 0.6) is 0 Å². The van der Waals surface area contributed by atoms with Gasteiger partial charge in [-0.15, -0.1) is 5.10 Å². The van der Waals surface area contributed by atoms with Gasteiger partial charge in [0.25, 0.3) is 0 Å². The van der Waals surface area contributed by atoms with Gasteiger partial charge in [0.2, 0.25) is 0 Å². The van der Waals surface area contributed by atoms with Crippen molar-refractivity contribution in [3.8, 4) is 28.3 Å². The number of nitrogens with zero attached hydrogens (tertiary/aromatic N) is 7. The van der Waals surface area contributed by atoms with Crippen LogP contribution >= 0.6 is 0 Å². The van der Waals surface area contributed by atoms with Crippen molar-refractivity contribution in [2.24, 2.45) is 0 Å². The van der Waals surface area contributed by atoms with Gasteiger partial charge in [-0.05, 0) is 77.9 Å². The average molecular weight is 511 g/mol. The van der Waals surface area contributed by atoms with Gasteiger partial charge in [-0.25, -0.2) is 9.89 Å². The van der Waals surface area contributed by atoms with Crippen LogP contribution in [0.2, 0.25) is 0 Å². The molecule has 4 aromatic heterocycles. The van der Waals surface area contributed by atoms with Gasteiger partial charge in [0.1, 0.15) is 5.82 Å². The fourth-order valence-electron chi connectivity index (χ4n) is 5.04. The molecule has 0 amide bonds. The molecule has 0 saturated heterocycles. The molecule has 5 aromatic rings. The summed E-state index contributed by atoms with van der Waals surface area (Å²) in [4.78, 5) is 18.5. The Kier molecular flexibility index (Phi) is 7.35. The maximum absolute atomic E-state index is 14.1. The standard InChI is InChI=1S/C29H34N8O/c1-5-7-10-23-19-37(28-21(6-2)14-16-35(28)20(3)4)29(38)36(23)18-22-17-30-15-13-24(22)25-11-8-9-12-26(25)27-31-33-34-32-27/h8-9,11-17,19-20H,5-7,10,18H2,1-4H3,(H,31,32,33,34). The summed E-state index contributed by atoms with van der Waals surface area (Å²) in [6.07, 6.45) is 11.5. The smallest absolute Gasteiger partial charge is 0.331 e. The highest BCUT2D eigenvalue weighted by Gasteiger charge is 2.20. The first kappa shape index (κ1) is 25.4. The van der Waals surface area contributed by atoms with Gasteiger partial charge in [0.15, 0.2) is 5.82 Å². The van der Waals surface area contributed by atoms with Crippen molar-refractivity contribution >= 4 is 0 Å². The number of H-pyrrole nitrogens is 1. The van der Waals surface area contributed by atoms with E-state index < -0.39 is 0 Å². The van der Waals surface area contributed by atoms with Crippen LogP contribution in [0.4, 0.5) is 0 Å². The lowest BCUT2D eigenvalue weighted by Gasteiger charge is -2.15. The first-order valence-electron chi connectivity index (χ1n) is 13.3. The Morgan fingerprint density at radius 2 is 1.82 bits per heavy atom. The minimum absolute atomic E-state index is 0.0334. The van der Waals surface area contributed by atoms with Gasteiger partial charge in [-0.2, -0.15) is 0 Å². The minimum atomic E-state index is -0.0334. The third-order valence-electron chi connectivity index (χ3n) is 7.03. The molecule has 0 aliphatic rings. The van der Waals surface area contributed by atoms with E-state index in [1.165, 1.54) is 0 Å². The van der Waals surface area contributed by atoms with E-state index in [0.717, 1.165) is 65.0 Å². The molecular weight excluding hydrogens is 476 g/mol. The number of nitrogens with one attached hydrogen (secondary N) is 1. The van der Waals surface area contributed by atoms with Crippen molar-refractivity contribution in [2.45, 2.75) is 66.0 Å². The molecule has 0 saturated carbocycles. The summed E-state index contributed by atoms with van der Waals surface area (Å²) in [6, 6.07) is 12.4. The molecule has 9 nitrogen and oxygen atoms in total. The van der Waals surface area contributed by atoms with Gasteiger partial charge >= 0.3 is 5.69 Å². The lowest BCUT2D eigenvalue weighted by molar-refractivity contribution is 0.581. The van der Waals surface area contributed by atoms with Crippen LogP contribution in [0.3, 0.4) is 0 Å². The highest BCUT2D eigenvalue weighted by molar-refractivity contribution is 5.81. The van der Waals surface area contributed by atoms with Crippen molar-refractivity contribution < 1.29 is 0 Å². The molecule has 4 heterocycles. The SMILES string of the molecule is CCCCc1cn(-c2c(CC)ccn2C(C)C)c(=O)n1Cc1cnccc1-c1ccccc1-c1nnn[nH]1. The van der Waals surface area contributed by atoms with Crippen LogP contribution in [0.1, 0.15) is 63.4 Å². The molecule has 0 spiro atoms. The maximum atomic E-state index is 14.1. The van der Waals surface area contributed by atoms with Crippen molar-refractivity contribution in [1.82, 2.24) is 39.3 Å². The number of aryl methyl sites for hydroxylation is 2. The van der Waals surface area contributed by atoms with E-state index in [-0.39, 0.29) is 11.7 Å². The molecule has 0 aliphatic carbocycles. The number of rotatable bonds is 10. The predicted octanol–water partition coefficient (Wildman–Crippen LogP) is 5.22. The van der Waals surface area contributed by atoms with Crippen LogP contribution in [0.25, 0.3) is 28.3 Å². The topological polar surface area (TPSA) is 99.2 Å². The van der Waals surface area contributed by atoms with Crippen LogP contribution in [-0.4, -0.2) is 39.3 Å². The largest absolute Gasteiger partial charge is 0.334 e. The first-order valence-corrected chi connectivity index (χ1v) is 13.3. The molecule has 1 N–H and O–H groups in total. The number of pyridine rings is 1. The van der Waals surface area contributed by atoms with Crippen LogP contribution < -0.4 is 5.69 Å². The molecule has 0 atom stereocenters. The number of aromatic amines is 1. The number of benzene rings is 1. The zero-order valence-electron chi connectivity index (χ0n) is 22.4. The van der Waals surface area contributed by atoms with Gasteiger partial charge in [-0.3, -0.25) is 14.1 Å². The van der Waals surface area contributed by atoms with E-state index in [1.54, 1.807) is 6.20 Å². The van der Waals surface area contributed by atoms with Crippen LogP contribution in [-0.2, 0) is 19.4 Å². The Bertz CT molecular complexity index is 1570. The summed E-state index contributed by atoms with van der Waals surface area (Å²) in [7, 11) is 0. The Labute approximate surface area is 222 Å². The Hall–Kier alpha value is -4.27. The van der Waals surface area contributed by atoms with Crippen molar-refractivity contribution in [3.63, 3.8) is 0 Å². The summed E-state index contributed by atoms with van der Waals surface area (Å²) < 4.78 is 5.94. The molecule has 38 heavy (non-hydrogen) atoms. The van der Waals surface area contributed by atoms with Gasteiger partial charge in [-0.1, -0.05) is 44.5 Å². The van der Waals surface area contributed by atoms with Crippen molar-refractivity contribution in [1.29, 1.82) is 0 Å². The molecule has 0 aliphatic heterocycles. The summed E-state index contributed by atoms with van der Waals surface area (Å²) >= 11 is 0.